The molecule has 10 heteroatoms. The van der Waals surface area contributed by atoms with Crippen LogP contribution in [0.25, 0.3) is 0 Å². The van der Waals surface area contributed by atoms with E-state index < -0.39 is 5.97 Å². The van der Waals surface area contributed by atoms with E-state index in [0.717, 1.165) is 17.7 Å². The van der Waals surface area contributed by atoms with Crippen molar-refractivity contribution in [1.82, 2.24) is 19.6 Å². The van der Waals surface area contributed by atoms with Crippen LogP contribution < -0.4 is 0 Å². The van der Waals surface area contributed by atoms with Gasteiger partial charge in [0, 0.05) is 12.1 Å². The van der Waals surface area contributed by atoms with E-state index in [1.807, 2.05) is 44.0 Å². The van der Waals surface area contributed by atoms with Gasteiger partial charge in [-0.1, -0.05) is 6.92 Å². The van der Waals surface area contributed by atoms with E-state index in [1.54, 1.807) is 33.2 Å². The summed E-state index contributed by atoms with van der Waals surface area (Å²) >= 11 is 0. The van der Waals surface area contributed by atoms with Crippen LogP contribution >= 0.6 is 0 Å². The standard InChI is InChI=1S/C11H18N2O2.C9H14N2O.C7H12O3/c1-6-15-10(14)9-7-12-13(8(9)2)11(3,4)5;1-7-8(6-12)5-10-11(7)9(2,3)4;1-3-6(8)5-7(9)10-4-2/h7H,6H2,1-5H3;5-6H,1-4H3;3-5H2,1-2H3. The highest BCUT2D eigenvalue weighted by Gasteiger charge is 2.22. The minimum Gasteiger partial charge on any atom is -0.466 e. The number of aromatic nitrogens is 4. The monoisotopic (exact) mass is 520 g/mol. The zero-order chi connectivity index (χ0) is 29.0. The fraction of sp³-hybridized carbons (Fsp3) is 0.630. The van der Waals surface area contributed by atoms with Gasteiger partial charge in [-0.25, -0.2) is 4.79 Å². The molecule has 0 aliphatic heterocycles. The summed E-state index contributed by atoms with van der Waals surface area (Å²) in [6.45, 7) is 22.1. The lowest BCUT2D eigenvalue weighted by Crippen LogP contribution is -2.24. The highest BCUT2D eigenvalue weighted by atomic mass is 16.5. The van der Waals surface area contributed by atoms with Crippen molar-refractivity contribution in [3.63, 3.8) is 0 Å². The van der Waals surface area contributed by atoms with Gasteiger partial charge in [-0.3, -0.25) is 23.7 Å². The van der Waals surface area contributed by atoms with Crippen molar-refractivity contribution in [2.75, 3.05) is 13.2 Å². The summed E-state index contributed by atoms with van der Waals surface area (Å²) < 4.78 is 13.2. The lowest BCUT2D eigenvalue weighted by Gasteiger charge is -2.21. The van der Waals surface area contributed by atoms with Gasteiger partial charge in [0.25, 0.3) is 0 Å². The summed E-state index contributed by atoms with van der Waals surface area (Å²) in [5.74, 6) is -0.793. The Morgan fingerprint density at radius 2 is 1.32 bits per heavy atom. The van der Waals surface area contributed by atoms with Crippen LogP contribution in [0, 0.1) is 13.8 Å². The molecule has 2 aromatic heterocycles. The smallest absolute Gasteiger partial charge is 0.341 e. The van der Waals surface area contributed by atoms with Gasteiger partial charge in [-0.05, 0) is 69.2 Å². The summed E-state index contributed by atoms with van der Waals surface area (Å²) in [7, 11) is 0. The molecule has 0 radical (unpaired) electrons. The van der Waals surface area contributed by atoms with Crippen LogP contribution in [-0.4, -0.2) is 56.8 Å². The van der Waals surface area contributed by atoms with E-state index in [4.69, 9.17) is 4.74 Å². The van der Waals surface area contributed by atoms with Gasteiger partial charge in [0.1, 0.15) is 17.8 Å². The Hall–Kier alpha value is -3.30. The van der Waals surface area contributed by atoms with Crippen LogP contribution in [0.2, 0.25) is 0 Å². The number of hydrogen-bond acceptors (Lipinski definition) is 8. The number of carbonyl (C=O) groups is 4. The molecule has 0 aliphatic rings. The molecule has 0 aliphatic carbocycles. The van der Waals surface area contributed by atoms with Gasteiger partial charge in [-0.15, -0.1) is 0 Å². The number of carbonyl (C=O) groups excluding carboxylic acids is 4. The number of ketones is 1. The Morgan fingerprint density at radius 1 is 0.838 bits per heavy atom. The third kappa shape index (κ3) is 11.1. The van der Waals surface area contributed by atoms with E-state index in [-0.39, 0.29) is 29.3 Å². The molecule has 2 aromatic rings. The fourth-order valence-electron chi connectivity index (χ4n) is 3.21. The molecule has 10 nitrogen and oxygen atoms in total. The van der Waals surface area contributed by atoms with E-state index >= 15 is 0 Å². The highest BCUT2D eigenvalue weighted by molar-refractivity contribution is 5.95. The number of ether oxygens (including phenoxy) is 2. The molecule has 2 rings (SSSR count). The molecular weight excluding hydrogens is 476 g/mol. The molecule has 208 valence electrons. The van der Waals surface area contributed by atoms with Crippen LogP contribution in [0.4, 0.5) is 0 Å². The Kier molecular flexibility index (Phi) is 13.7. The van der Waals surface area contributed by atoms with Crippen LogP contribution in [0.15, 0.2) is 12.4 Å². The summed E-state index contributed by atoms with van der Waals surface area (Å²) in [5, 5.41) is 8.35. The van der Waals surface area contributed by atoms with Gasteiger partial charge in [0.2, 0.25) is 0 Å². The Bertz CT molecular complexity index is 1040. The first kappa shape index (κ1) is 33.7. The second kappa shape index (κ2) is 15.1. The number of esters is 2. The topological polar surface area (TPSA) is 122 Å². The van der Waals surface area contributed by atoms with E-state index in [0.29, 0.717) is 30.8 Å². The first-order valence-electron chi connectivity index (χ1n) is 12.4. The summed E-state index contributed by atoms with van der Waals surface area (Å²) in [4.78, 5) is 43.2. The van der Waals surface area contributed by atoms with Crippen molar-refractivity contribution in [1.29, 1.82) is 0 Å². The number of aldehydes is 1. The number of rotatable bonds is 7. The van der Waals surface area contributed by atoms with Crippen molar-refractivity contribution >= 4 is 24.0 Å². The predicted octanol–water partition coefficient (Wildman–Crippen LogP) is 4.80. The third-order valence-corrected chi connectivity index (χ3v) is 4.99. The molecule has 0 N–H and O–H groups in total. The van der Waals surface area contributed by atoms with Crippen LogP contribution in [0.1, 0.15) is 107 Å². The average molecular weight is 521 g/mol. The zero-order valence-corrected chi connectivity index (χ0v) is 24.3. The molecule has 0 unspecified atom stereocenters. The normalized spacial score (nSPS) is 10.9. The van der Waals surface area contributed by atoms with Gasteiger partial charge in [-0.2, -0.15) is 10.2 Å². The largest absolute Gasteiger partial charge is 0.466 e. The third-order valence-electron chi connectivity index (χ3n) is 4.99. The van der Waals surface area contributed by atoms with Gasteiger partial charge >= 0.3 is 11.9 Å². The van der Waals surface area contributed by atoms with E-state index in [1.165, 1.54) is 0 Å². The van der Waals surface area contributed by atoms with Gasteiger partial charge in [0.05, 0.1) is 47.9 Å². The molecule has 37 heavy (non-hydrogen) atoms. The molecule has 0 fully saturated rings. The average Bonchev–Trinajstić information content (AvgIpc) is 3.37. The van der Waals surface area contributed by atoms with Crippen molar-refractivity contribution in [3.05, 3.63) is 34.9 Å². The fourth-order valence-corrected chi connectivity index (χ4v) is 3.21. The van der Waals surface area contributed by atoms with E-state index in [2.05, 4.69) is 35.7 Å². The molecule has 2 heterocycles. The summed E-state index contributed by atoms with van der Waals surface area (Å²) in [5.41, 5.74) is 2.83. The molecule has 0 saturated carbocycles. The Morgan fingerprint density at radius 3 is 1.68 bits per heavy atom. The second-order valence-corrected chi connectivity index (χ2v) is 10.2. The number of nitrogens with zero attached hydrogens (tertiary/aromatic N) is 4. The quantitative estimate of drug-likeness (QED) is 0.290. The van der Waals surface area contributed by atoms with Crippen LogP contribution in [-0.2, 0) is 30.1 Å². The molecule has 0 aromatic carbocycles. The van der Waals surface area contributed by atoms with Gasteiger partial charge in [0.15, 0.2) is 6.29 Å². The minimum atomic E-state index is -0.422. The van der Waals surface area contributed by atoms with Crippen molar-refractivity contribution in [2.24, 2.45) is 0 Å². The first-order valence-corrected chi connectivity index (χ1v) is 12.4. The lowest BCUT2D eigenvalue weighted by atomic mass is 10.1. The maximum Gasteiger partial charge on any atom is 0.341 e. The molecule has 0 amide bonds. The van der Waals surface area contributed by atoms with Gasteiger partial charge < -0.3 is 9.47 Å². The maximum atomic E-state index is 11.5. The molecule has 0 spiro atoms. The van der Waals surface area contributed by atoms with Crippen molar-refractivity contribution in [3.8, 4) is 0 Å². The number of hydrogen-bond donors (Lipinski definition) is 0. The molecule has 0 bridgehead atoms. The Balaban J connectivity index is 0.000000538. The summed E-state index contributed by atoms with van der Waals surface area (Å²) in [6.07, 6.45) is 4.33. The number of Topliss-reactive ketones (excluding diaryl/α,β-unsaturated/α-hetero) is 1. The molecule has 0 saturated heterocycles. The summed E-state index contributed by atoms with van der Waals surface area (Å²) in [6, 6.07) is 0. The predicted molar refractivity (Wildman–Crippen MR) is 142 cm³/mol. The minimum absolute atomic E-state index is 0.0503. The highest BCUT2D eigenvalue weighted by Crippen LogP contribution is 2.19. The van der Waals surface area contributed by atoms with Crippen LogP contribution in [0.5, 0.6) is 0 Å². The second-order valence-electron chi connectivity index (χ2n) is 10.2. The van der Waals surface area contributed by atoms with Crippen molar-refractivity contribution in [2.45, 2.75) is 100 Å². The maximum absolute atomic E-state index is 11.5. The van der Waals surface area contributed by atoms with Crippen LogP contribution in [0.3, 0.4) is 0 Å². The first-order chi connectivity index (χ1) is 17.0. The SMILES string of the molecule is CCOC(=O)CC(=O)CC.CCOC(=O)c1cnn(C(C)(C)C)c1C.Cc1c(C=O)cnn1C(C)(C)C. The molecular formula is C27H44N4O6. The van der Waals surface area contributed by atoms with E-state index in [9.17, 15) is 19.2 Å². The lowest BCUT2D eigenvalue weighted by molar-refractivity contribution is -0.145. The Labute approximate surface area is 220 Å². The zero-order valence-electron chi connectivity index (χ0n) is 24.3. The van der Waals surface area contributed by atoms with Crippen molar-refractivity contribution < 1.29 is 28.7 Å². The molecule has 0 atom stereocenters.